The highest BCUT2D eigenvalue weighted by atomic mass is 35.5. The van der Waals surface area contributed by atoms with Crippen LogP contribution in [-0.2, 0) is 11.3 Å². The molecule has 7 heteroatoms. The number of amides is 1. The maximum atomic E-state index is 11.9. The number of rotatable bonds is 4. The Hall–Kier alpha value is -2.34. The zero-order valence-corrected chi connectivity index (χ0v) is 12.2. The highest BCUT2D eigenvalue weighted by Crippen LogP contribution is 2.22. The number of aryl methyl sites for hydroxylation is 2. The van der Waals surface area contributed by atoms with Crippen LogP contribution in [0.1, 0.15) is 12.1 Å². The minimum Gasteiger partial charge on any atom is -0.397 e. The number of nitrogen functional groups attached to an aromatic ring is 1. The number of nitrogens with one attached hydrogen (secondary N) is 1. The molecule has 0 spiro atoms. The van der Waals surface area contributed by atoms with Crippen molar-refractivity contribution in [2.24, 2.45) is 0 Å². The summed E-state index contributed by atoms with van der Waals surface area (Å²) in [5.41, 5.74) is 7.11. The predicted octanol–water partition coefficient (Wildman–Crippen LogP) is 1.82. The average molecular weight is 307 g/mol. The molecule has 2 aromatic rings. The number of nitrogens with two attached hydrogens (primary N) is 1. The van der Waals surface area contributed by atoms with Crippen molar-refractivity contribution >= 4 is 28.9 Å². The Labute approximate surface area is 126 Å². The van der Waals surface area contributed by atoms with Gasteiger partial charge in [-0.2, -0.15) is 5.10 Å². The van der Waals surface area contributed by atoms with Gasteiger partial charge in [0.15, 0.2) is 0 Å². The molecule has 21 heavy (non-hydrogen) atoms. The summed E-state index contributed by atoms with van der Waals surface area (Å²) in [4.78, 5) is 23.5. The van der Waals surface area contributed by atoms with E-state index in [0.717, 1.165) is 0 Å². The van der Waals surface area contributed by atoms with Crippen molar-refractivity contribution in [1.82, 2.24) is 9.78 Å². The Bertz CT molecular complexity index is 727. The Balaban J connectivity index is 2.01. The number of hydrogen-bond acceptors (Lipinski definition) is 4. The van der Waals surface area contributed by atoms with E-state index in [4.69, 9.17) is 17.3 Å². The molecule has 0 saturated carbocycles. The number of carbonyl (C=O) groups is 1. The lowest BCUT2D eigenvalue weighted by Crippen LogP contribution is -2.25. The predicted molar refractivity (Wildman–Crippen MR) is 82.3 cm³/mol. The van der Waals surface area contributed by atoms with Crippen LogP contribution in [0.15, 0.2) is 35.1 Å². The van der Waals surface area contributed by atoms with Crippen molar-refractivity contribution in [3.63, 3.8) is 0 Å². The Kier molecular flexibility index (Phi) is 4.59. The van der Waals surface area contributed by atoms with Crippen molar-refractivity contribution in [1.29, 1.82) is 0 Å². The van der Waals surface area contributed by atoms with Gasteiger partial charge in [-0.25, -0.2) is 4.68 Å². The molecule has 0 saturated heterocycles. The molecule has 6 nitrogen and oxygen atoms in total. The minimum atomic E-state index is -0.265. The highest BCUT2D eigenvalue weighted by molar-refractivity contribution is 6.31. The number of aromatic nitrogens is 2. The summed E-state index contributed by atoms with van der Waals surface area (Å²) in [5.74, 6) is -0.265. The molecule has 0 radical (unpaired) electrons. The van der Waals surface area contributed by atoms with Gasteiger partial charge >= 0.3 is 0 Å². The van der Waals surface area contributed by atoms with E-state index in [1.165, 1.54) is 10.7 Å². The zero-order chi connectivity index (χ0) is 15.4. The molecule has 3 N–H and O–H groups in total. The monoisotopic (exact) mass is 306 g/mol. The molecule has 0 bridgehead atoms. The van der Waals surface area contributed by atoms with Crippen molar-refractivity contribution in [3.8, 4) is 0 Å². The molecule has 0 unspecified atom stereocenters. The number of nitrogens with zero attached hydrogens (tertiary/aromatic N) is 2. The molecule has 2 rings (SSSR count). The summed E-state index contributed by atoms with van der Waals surface area (Å²) in [7, 11) is 0. The molecule has 0 aliphatic carbocycles. The van der Waals surface area contributed by atoms with Gasteiger partial charge in [0, 0.05) is 17.5 Å². The first-order chi connectivity index (χ1) is 9.95. The lowest BCUT2D eigenvalue weighted by molar-refractivity contribution is -0.116. The maximum absolute atomic E-state index is 11.9. The molecule has 0 atom stereocenters. The van der Waals surface area contributed by atoms with E-state index in [9.17, 15) is 9.59 Å². The van der Waals surface area contributed by atoms with Crippen LogP contribution < -0.4 is 16.6 Å². The smallest absolute Gasteiger partial charge is 0.266 e. The van der Waals surface area contributed by atoms with Crippen LogP contribution >= 0.6 is 11.6 Å². The molecule has 1 amide bonds. The molecule has 110 valence electrons. The molecule has 1 heterocycles. The van der Waals surface area contributed by atoms with Gasteiger partial charge in [0.25, 0.3) is 5.56 Å². The molecule has 0 fully saturated rings. The van der Waals surface area contributed by atoms with Gasteiger partial charge in [0.1, 0.15) is 0 Å². The van der Waals surface area contributed by atoms with E-state index in [0.29, 0.717) is 22.1 Å². The topological polar surface area (TPSA) is 90.0 Å². The zero-order valence-electron chi connectivity index (χ0n) is 11.5. The molecule has 0 aliphatic heterocycles. The quantitative estimate of drug-likeness (QED) is 0.843. The van der Waals surface area contributed by atoms with Crippen molar-refractivity contribution in [3.05, 3.63) is 51.4 Å². The summed E-state index contributed by atoms with van der Waals surface area (Å²) < 4.78 is 1.26. The second kappa shape index (κ2) is 6.41. The van der Waals surface area contributed by atoms with Gasteiger partial charge in [0.2, 0.25) is 5.91 Å². The summed E-state index contributed by atoms with van der Waals surface area (Å²) >= 11 is 5.85. The van der Waals surface area contributed by atoms with Crippen LogP contribution in [0.5, 0.6) is 0 Å². The average Bonchev–Trinajstić information content (AvgIpc) is 2.44. The Morgan fingerprint density at radius 1 is 1.38 bits per heavy atom. The minimum absolute atomic E-state index is 0.113. The third-order valence-electron chi connectivity index (χ3n) is 2.84. The maximum Gasteiger partial charge on any atom is 0.266 e. The first kappa shape index (κ1) is 15.1. The van der Waals surface area contributed by atoms with Crippen LogP contribution in [0, 0.1) is 6.92 Å². The highest BCUT2D eigenvalue weighted by Gasteiger charge is 2.07. The number of benzene rings is 1. The molecule has 0 aliphatic rings. The normalized spacial score (nSPS) is 10.4. The lowest BCUT2D eigenvalue weighted by Gasteiger charge is -2.09. The summed E-state index contributed by atoms with van der Waals surface area (Å²) in [5, 5.41) is 7.21. The molecular formula is C14H15ClN4O2. The van der Waals surface area contributed by atoms with E-state index in [1.807, 2.05) is 0 Å². The van der Waals surface area contributed by atoms with Gasteiger partial charge in [-0.3, -0.25) is 9.59 Å². The standard InChI is InChI=1S/C14H15ClN4O2/c1-9-2-5-14(21)19(18-9)7-6-13(20)17-12-8-10(15)3-4-11(12)16/h2-5,8H,6-7,16H2,1H3,(H,17,20). The van der Waals surface area contributed by atoms with Gasteiger partial charge in [-0.05, 0) is 31.2 Å². The number of carbonyl (C=O) groups excluding carboxylic acids is 1. The Morgan fingerprint density at radius 2 is 2.14 bits per heavy atom. The van der Waals surface area contributed by atoms with Crippen LogP contribution in [0.3, 0.4) is 0 Å². The summed E-state index contributed by atoms with van der Waals surface area (Å²) in [6.45, 7) is 1.98. The fourth-order valence-corrected chi connectivity index (χ4v) is 1.94. The fourth-order valence-electron chi connectivity index (χ4n) is 1.77. The van der Waals surface area contributed by atoms with E-state index < -0.39 is 0 Å². The van der Waals surface area contributed by atoms with E-state index in [2.05, 4.69) is 10.4 Å². The van der Waals surface area contributed by atoms with E-state index in [1.54, 1.807) is 31.2 Å². The second-order valence-corrected chi connectivity index (χ2v) is 5.00. The van der Waals surface area contributed by atoms with Gasteiger partial charge in [-0.1, -0.05) is 11.6 Å². The first-order valence-corrected chi connectivity index (χ1v) is 6.73. The van der Waals surface area contributed by atoms with Crippen LogP contribution in [0.2, 0.25) is 5.02 Å². The van der Waals surface area contributed by atoms with E-state index in [-0.39, 0.29) is 24.4 Å². The van der Waals surface area contributed by atoms with E-state index >= 15 is 0 Å². The second-order valence-electron chi connectivity index (χ2n) is 4.57. The SMILES string of the molecule is Cc1ccc(=O)n(CCC(=O)Nc2cc(Cl)ccc2N)n1. The fraction of sp³-hybridized carbons (Fsp3) is 0.214. The summed E-state index contributed by atoms with van der Waals surface area (Å²) in [6.07, 6.45) is 0.113. The van der Waals surface area contributed by atoms with Gasteiger partial charge in [-0.15, -0.1) is 0 Å². The Morgan fingerprint density at radius 3 is 2.90 bits per heavy atom. The molecule has 1 aromatic carbocycles. The van der Waals surface area contributed by atoms with Gasteiger partial charge < -0.3 is 11.1 Å². The van der Waals surface area contributed by atoms with Crippen LogP contribution in [0.4, 0.5) is 11.4 Å². The third-order valence-corrected chi connectivity index (χ3v) is 3.08. The van der Waals surface area contributed by atoms with Crippen LogP contribution in [-0.4, -0.2) is 15.7 Å². The lowest BCUT2D eigenvalue weighted by atomic mass is 10.2. The largest absolute Gasteiger partial charge is 0.397 e. The number of anilines is 2. The van der Waals surface area contributed by atoms with Crippen LogP contribution in [0.25, 0.3) is 0 Å². The molecule has 1 aromatic heterocycles. The first-order valence-electron chi connectivity index (χ1n) is 6.35. The number of halogens is 1. The van der Waals surface area contributed by atoms with Crippen molar-refractivity contribution in [2.45, 2.75) is 19.9 Å². The van der Waals surface area contributed by atoms with Crippen molar-refractivity contribution < 1.29 is 4.79 Å². The number of hydrogen-bond donors (Lipinski definition) is 2. The third kappa shape index (κ3) is 4.06. The summed E-state index contributed by atoms with van der Waals surface area (Å²) in [6, 6.07) is 7.89. The van der Waals surface area contributed by atoms with Gasteiger partial charge in [0.05, 0.1) is 23.6 Å². The van der Waals surface area contributed by atoms with Crippen molar-refractivity contribution in [2.75, 3.05) is 11.1 Å². The molecular weight excluding hydrogens is 292 g/mol.